The number of hydrogen-bond donors (Lipinski definition) is 0. The Morgan fingerprint density at radius 1 is 0.913 bits per heavy atom. The van der Waals surface area contributed by atoms with Crippen LogP contribution >= 0.6 is 12.4 Å². The summed E-state index contributed by atoms with van der Waals surface area (Å²) in [5, 5.41) is 0. The smallest absolute Gasteiger partial charge is 0.163 e. The average Bonchev–Trinajstić information content (AvgIpc) is 2.54. The second kappa shape index (κ2) is 10.2. The molecule has 2 aromatic rings. The van der Waals surface area contributed by atoms with Gasteiger partial charge in [0, 0.05) is 12.0 Å². The quantitative estimate of drug-likeness (QED) is 0.667. The first-order chi connectivity index (χ1) is 10.7. The number of nitrogens with zero attached hydrogens (tertiary/aromatic N) is 1. The maximum Gasteiger partial charge on any atom is 0.163 e. The molecular formula is C20H26ClNO. The number of benzene rings is 2. The molecule has 2 nitrogen and oxygen atoms in total. The van der Waals surface area contributed by atoms with E-state index in [2.05, 4.69) is 35.2 Å². The van der Waals surface area contributed by atoms with Crippen LogP contribution in [0.15, 0.2) is 54.6 Å². The van der Waals surface area contributed by atoms with Gasteiger partial charge in [-0.3, -0.25) is 4.79 Å². The number of hydrogen-bond acceptors (Lipinski definition) is 2. The van der Waals surface area contributed by atoms with Crippen LogP contribution in [-0.4, -0.2) is 31.3 Å². The summed E-state index contributed by atoms with van der Waals surface area (Å²) >= 11 is 0. The van der Waals surface area contributed by atoms with E-state index in [9.17, 15) is 4.79 Å². The molecule has 0 unspecified atom stereocenters. The van der Waals surface area contributed by atoms with Crippen LogP contribution in [0, 0.1) is 0 Å². The first-order valence-corrected chi connectivity index (χ1v) is 7.96. The summed E-state index contributed by atoms with van der Waals surface area (Å²) in [5.41, 5.74) is 3.38. The van der Waals surface area contributed by atoms with E-state index in [1.54, 1.807) is 0 Å². The van der Waals surface area contributed by atoms with Gasteiger partial charge in [-0.2, -0.15) is 0 Å². The van der Waals surface area contributed by atoms with Crippen molar-refractivity contribution in [3.8, 4) is 0 Å². The number of rotatable bonds is 8. The van der Waals surface area contributed by atoms with Gasteiger partial charge in [0.25, 0.3) is 0 Å². The highest BCUT2D eigenvalue weighted by Gasteiger charge is 2.10. The molecule has 0 amide bonds. The SMILES string of the molecule is CN(C)CCCC(=O)c1ccccc1CCc1ccccc1.Cl. The number of aryl methyl sites for hydroxylation is 2. The number of Topliss-reactive ketones (excluding diaryl/α,β-unsaturated/α-hetero) is 1. The zero-order chi connectivity index (χ0) is 15.8. The van der Waals surface area contributed by atoms with Crippen LogP contribution in [0.5, 0.6) is 0 Å². The predicted molar refractivity (Wildman–Crippen MR) is 99.7 cm³/mol. The highest BCUT2D eigenvalue weighted by molar-refractivity contribution is 5.97. The van der Waals surface area contributed by atoms with E-state index >= 15 is 0 Å². The second-order valence-electron chi connectivity index (χ2n) is 5.97. The molecule has 3 heteroatoms. The number of carbonyl (C=O) groups excluding carboxylic acids is 1. The summed E-state index contributed by atoms with van der Waals surface area (Å²) in [5.74, 6) is 0.269. The van der Waals surface area contributed by atoms with Crippen molar-refractivity contribution in [2.24, 2.45) is 0 Å². The molecule has 0 aromatic heterocycles. The molecule has 2 rings (SSSR count). The minimum atomic E-state index is 0. The van der Waals surface area contributed by atoms with Gasteiger partial charge in [-0.05, 0) is 51.0 Å². The lowest BCUT2D eigenvalue weighted by Gasteiger charge is -2.11. The van der Waals surface area contributed by atoms with E-state index < -0.39 is 0 Å². The van der Waals surface area contributed by atoms with Crippen molar-refractivity contribution in [3.05, 3.63) is 71.3 Å². The van der Waals surface area contributed by atoms with Gasteiger partial charge >= 0.3 is 0 Å². The summed E-state index contributed by atoms with van der Waals surface area (Å²) < 4.78 is 0. The lowest BCUT2D eigenvalue weighted by Crippen LogP contribution is -2.14. The molecule has 0 aliphatic heterocycles. The minimum absolute atomic E-state index is 0. The third-order valence-corrected chi connectivity index (χ3v) is 3.85. The minimum Gasteiger partial charge on any atom is -0.309 e. The Kier molecular flexibility index (Phi) is 8.60. The van der Waals surface area contributed by atoms with Crippen molar-refractivity contribution in [3.63, 3.8) is 0 Å². The van der Waals surface area contributed by atoms with Gasteiger partial charge < -0.3 is 4.90 Å². The zero-order valence-corrected chi connectivity index (χ0v) is 14.8. The van der Waals surface area contributed by atoms with Gasteiger partial charge in [-0.15, -0.1) is 12.4 Å². The molecule has 0 N–H and O–H groups in total. The highest BCUT2D eigenvalue weighted by Crippen LogP contribution is 2.15. The van der Waals surface area contributed by atoms with Crippen LogP contribution in [0.3, 0.4) is 0 Å². The molecule has 0 saturated carbocycles. The lowest BCUT2D eigenvalue weighted by molar-refractivity contribution is 0.0976. The molecular weight excluding hydrogens is 306 g/mol. The Hall–Kier alpha value is -1.64. The third kappa shape index (κ3) is 6.55. The molecule has 23 heavy (non-hydrogen) atoms. The topological polar surface area (TPSA) is 20.3 Å². The lowest BCUT2D eigenvalue weighted by atomic mass is 9.96. The largest absolute Gasteiger partial charge is 0.309 e. The van der Waals surface area contributed by atoms with Crippen LogP contribution in [0.4, 0.5) is 0 Å². The molecule has 0 bridgehead atoms. The molecule has 0 heterocycles. The molecule has 0 aliphatic rings. The Labute approximate surface area is 145 Å². The Bertz CT molecular complexity index is 596. The molecule has 0 atom stereocenters. The fraction of sp³-hybridized carbons (Fsp3) is 0.350. The maximum atomic E-state index is 12.4. The molecule has 0 fully saturated rings. The second-order valence-corrected chi connectivity index (χ2v) is 5.97. The first-order valence-electron chi connectivity index (χ1n) is 7.96. The molecule has 124 valence electrons. The van der Waals surface area contributed by atoms with Gasteiger partial charge in [0.15, 0.2) is 5.78 Å². The molecule has 0 saturated heterocycles. The van der Waals surface area contributed by atoms with Crippen molar-refractivity contribution in [1.29, 1.82) is 0 Å². The van der Waals surface area contributed by atoms with Crippen molar-refractivity contribution in [2.45, 2.75) is 25.7 Å². The van der Waals surface area contributed by atoms with Crippen LogP contribution < -0.4 is 0 Å². The van der Waals surface area contributed by atoms with E-state index in [0.717, 1.165) is 31.4 Å². The summed E-state index contributed by atoms with van der Waals surface area (Å²) in [6.07, 6.45) is 3.43. The number of ketones is 1. The van der Waals surface area contributed by atoms with Crippen LogP contribution in [0.1, 0.15) is 34.3 Å². The van der Waals surface area contributed by atoms with Crippen molar-refractivity contribution >= 4 is 18.2 Å². The van der Waals surface area contributed by atoms with Gasteiger partial charge in [0.05, 0.1) is 0 Å². The van der Waals surface area contributed by atoms with Gasteiger partial charge in [-0.25, -0.2) is 0 Å². The molecule has 0 spiro atoms. The van der Waals surface area contributed by atoms with Gasteiger partial charge in [-0.1, -0.05) is 54.6 Å². The standard InChI is InChI=1S/C20H25NO.ClH/c1-21(2)16-8-13-20(22)19-12-7-6-11-18(19)15-14-17-9-4-3-5-10-17;/h3-7,9-12H,8,13-16H2,1-2H3;1H. The Morgan fingerprint density at radius 2 is 1.57 bits per heavy atom. The number of carbonyl (C=O) groups is 1. The summed E-state index contributed by atoms with van der Waals surface area (Å²) in [6.45, 7) is 0.956. The molecule has 2 aromatic carbocycles. The van der Waals surface area contributed by atoms with Gasteiger partial charge in [0.1, 0.15) is 0 Å². The maximum absolute atomic E-state index is 12.4. The summed E-state index contributed by atoms with van der Waals surface area (Å²) in [7, 11) is 4.08. The van der Waals surface area contributed by atoms with Crippen LogP contribution in [0.2, 0.25) is 0 Å². The van der Waals surface area contributed by atoms with E-state index in [1.165, 1.54) is 11.1 Å². The zero-order valence-electron chi connectivity index (χ0n) is 14.0. The predicted octanol–water partition coefficient (Wildman–Crippen LogP) is 4.42. The van der Waals surface area contributed by atoms with Crippen LogP contribution in [0.25, 0.3) is 0 Å². The van der Waals surface area contributed by atoms with Gasteiger partial charge in [0.2, 0.25) is 0 Å². The normalized spacial score (nSPS) is 10.4. The summed E-state index contributed by atoms with van der Waals surface area (Å²) in [6, 6.07) is 18.5. The first kappa shape index (κ1) is 19.4. The average molecular weight is 332 g/mol. The molecule has 0 aliphatic carbocycles. The third-order valence-electron chi connectivity index (χ3n) is 3.85. The Balaban J connectivity index is 0.00000264. The highest BCUT2D eigenvalue weighted by atomic mass is 35.5. The van der Waals surface area contributed by atoms with E-state index in [4.69, 9.17) is 0 Å². The molecule has 0 radical (unpaired) electrons. The fourth-order valence-corrected chi connectivity index (χ4v) is 2.62. The van der Waals surface area contributed by atoms with E-state index in [0.29, 0.717) is 6.42 Å². The Morgan fingerprint density at radius 3 is 2.26 bits per heavy atom. The number of halogens is 1. The van der Waals surface area contributed by atoms with Crippen molar-refractivity contribution in [2.75, 3.05) is 20.6 Å². The summed E-state index contributed by atoms with van der Waals surface area (Å²) in [4.78, 5) is 14.6. The fourth-order valence-electron chi connectivity index (χ4n) is 2.62. The monoisotopic (exact) mass is 331 g/mol. The van der Waals surface area contributed by atoms with E-state index in [-0.39, 0.29) is 18.2 Å². The van der Waals surface area contributed by atoms with Crippen molar-refractivity contribution in [1.82, 2.24) is 4.90 Å². The van der Waals surface area contributed by atoms with Crippen molar-refractivity contribution < 1.29 is 4.79 Å². The van der Waals surface area contributed by atoms with Crippen LogP contribution in [-0.2, 0) is 12.8 Å². The van der Waals surface area contributed by atoms with E-state index in [1.807, 2.05) is 38.4 Å².